The summed E-state index contributed by atoms with van der Waals surface area (Å²) < 4.78 is 40.1. The van der Waals surface area contributed by atoms with Gasteiger partial charge >= 0.3 is 0 Å². The van der Waals surface area contributed by atoms with Crippen molar-refractivity contribution >= 4 is 33.6 Å². The summed E-state index contributed by atoms with van der Waals surface area (Å²) in [4.78, 5) is 17.3. The SMILES string of the molecule is Nc1nc(SCC(=O)N2CCN(S(=O)(=O)c3ccccc3F)CC2)n[nH]1. The molecule has 1 saturated heterocycles. The van der Waals surface area contributed by atoms with Crippen LogP contribution in [-0.2, 0) is 14.8 Å². The molecular formula is C14H17FN6O3S2. The molecule has 2 heterocycles. The van der Waals surface area contributed by atoms with Gasteiger partial charge in [-0.05, 0) is 12.1 Å². The van der Waals surface area contributed by atoms with E-state index in [1.165, 1.54) is 22.5 Å². The van der Waals surface area contributed by atoms with E-state index in [9.17, 15) is 17.6 Å². The van der Waals surface area contributed by atoms with Crippen LogP contribution in [-0.4, -0.2) is 70.6 Å². The van der Waals surface area contributed by atoms with Gasteiger partial charge in [-0.2, -0.15) is 9.29 Å². The van der Waals surface area contributed by atoms with Crippen LogP contribution in [0.2, 0.25) is 0 Å². The Hall–Kier alpha value is -2.18. The van der Waals surface area contributed by atoms with E-state index in [0.717, 1.165) is 17.8 Å². The molecule has 0 aliphatic carbocycles. The Kier molecular flexibility index (Phi) is 5.44. The number of hydrogen-bond acceptors (Lipinski definition) is 7. The third kappa shape index (κ3) is 3.97. The number of aromatic nitrogens is 3. The van der Waals surface area contributed by atoms with Crippen LogP contribution in [0, 0.1) is 5.82 Å². The van der Waals surface area contributed by atoms with Crippen LogP contribution in [0.4, 0.5) is 10.3 Å². The van der Waals surface area contributed by atoms with Crippen molar-refractivity contribution in [3.63, 3.8) is 0 Å². The lowest BCUT2D eigenvalue weighted by molar-refractivity contribution is -0.129. The van der Waals surface area contributed by atoms with Crippen molar-refractivity contribution in [2.45, 2.75) is 10.1 Å². The smallest absolute Gasteiger partial charge is 0.246 e. The van der Waals surface area contributed by atoms with Crippen LogP contribution in [0.25, 0.3) is 0 Å². The number of nitrogens with one attached hydrogen (secondary N) is 1. The van der Waals surface area contributed by atoms with Gasteiger partial charge in [0.2, 0.25) is 27.0 Å². The number of hydrogen-bond donors (Lipinski definition) is 2. The second-order valence-electron chi connectivity index (χ2n) is 5.51. The summed E-state index contributed by atoms with van der Waals surface area (Å²) in [6, 6.07) is 5.26. The number of H-pyrrole nitrogens is 1. The van der Waals surface area contributed by atoms with E-state index in [2.05, 4.69) is 15.2 Å². The summed E-state index contributed by atoms with van der Waals surface area (Å²) in [5, 5.41) is 6.68. The Morgan fingerprint density at radius 3 is 2.58 bits per heavy atom. The zero-order valence-electron chi connectivity index (χ0n) is 13.6. The number of carbonyl (C=O) groups is 1. The second kappa shape index (κ2) is 7.60. The Morgan fingerprint density at radius 1 is 1.27 bits per heavy atom. The minimum atomic E-state index is -3.92. The first-order chi connectivity index (χ1) is 12.4. The lowest BCUT2D eigenvalue weighted by atomic mass is 10.3. The zero-order chi connectivity index (χ0) is 18.7. The monoisotopic (exact) mass is 400 g/mol. The highest BCUT2D eigenvalue weighted by atomic mass is 32.2. The second-order valence-corrected chi connectivity index (χ2v) is 8.36. The molecule has 1 fully saturated rings. The third-order valence-electron chi connectivity index (χ3n) is 3.85. The number of thioether (sulfide) groups is 1. The van der Waals surface area contributed by atoms with E-state index in [1.54, 1.807) is 4.90 Å². The number of aromatic amines is 1. The van der Waals surface area contributed by atoms with Gasteiger partial charge < -0.3 is 10.6 Å². The number of carbonyl (C=O) groups excluding carboxylic acids is 1. The zero-order valence-corrected chi connectivity index (χ0v) is 15.3. The topological polar surface area (TPSA) is 125 Å². The summed E-state index contributed by atoms with van der Waals surface area (Å²) in [5.74, 6) is -0.640. The lowest BCUT2D eigenvalue weighted by Crippen LogP contribution is -2.51. The number of amides is 1. The predicted molar refractivity (Wildman–Crippen MR) is 93.3 cm³/mol. The Balaban J connectivity index is 1.57. The van der Waals surface area contributed by atoms with Crippen LogP contribution >= 0.6 is 11.8 Å². The fraction of sp³-hybridized carbons (Fsp3) is 0.357. The Labute approximate surface area is 153 Å². The van der Waals surface area contributed by atoms with E-state index < -0.39 is 15.8 Å². The normalized spacial score (nSPS) is 16.0. The molecule has 0 unspecified atom stereocenters. The first-order valence-corrected chi connectivity index (χ1v) is 10.1. The van der Waals surface area contributed by atoms with Crippen molar-refractivity contribution in [3.05, 3.63) is 30.1 Å². The maximum absolute atomic E-state index is 13.8. The van der Waals surface area contributed by atoms with Gasteiger partial charge in [-0.25, -0.2) is 17.9 Å². The molecule has 0 spiro atoms. The predicted octanol–water partition coefficient (Wildman–Crippen LogP) is 0.151. The van der Waals surface area contributed by atoms with Crippen molar-refractivity contribution in [1.29, 1.82) is 0 Å². The molecule has 3 rings (SSSR count). The number of rotatable bonds is 5. The summed E-state index contributed by atoms with van der Waals surface area (Å²) >= 11 is 1.14. The van der Waals surface area contributed by atoms with E-state index >= 15 is 0 Å². The molecule has 0 bridgehead atoms. The molecule has 26 heavy (non-hydrogen) atoms. The fourth-order valence-electron chi connectivity index (χ4n) is 2.51. The van der Waals surface area contributed by atoms with Gasteiger partial charge in [0.25, 0.3) is 0 Å². The van der Waals surface area contributed by atoms with Crippen LogP contribution in [0.3, 0.4) is 0 Å². The highest BCUT2D eigenvalue weighted by Crippen LogP contribution is 2.21. The lowest BCUT2D eigenvalue weighted by Gasteiger charge is -2.34. The Morgan fingerprint density at radius 2 is 1.96 bits per heavy atom. The standard InChI is InChI=1S/C14H17FN6O3S2/c15-10-3-1-2-4-11(10)26(23,24)21-7-5-20(6-8-21)12(22)9-25-14-17-13(16)18-19-14/h1-4H,5-9H2,(H3,16,17,18,19). The molecule has 3 N–H and O–H groups in total. The van der Waals surface area contributed by atoms with Gasteiger partial charge in [-0.3, -0.25) is 4.79 Å². The number of halogens is 1. The van der Waals surface area contributed by atoms with E-state index in [0.29, 0.717) is 5.16 Å². The van der Waals surface area contributed by atoms with Crippen molar-refractivity contribution in [3.8, 4) is 0 Å². The van der Waals surface area contributed by atoms with Crippen LogP contribution in [0.5, 0.6) is 0 Å². The van der Waals surface area contributed by atoms with Crippen LogP contribution in [0.15, 0.2) is 34.3 Å². The first kappa shape index (κ1) is 18.6. The van der Waals surface area contributed by atoms with E-state index in [4.69, 9.17) is 5.73 Å². The quantitative estimate of drug-likeness (QED) is 0.685. The van der Waals surface area contributed by atoms with Gasteiger partial charge in [0, 0.05) is 26.2 Å². The minimum Gasteiger partial charge on any atom is -0.368 e. The number of sulfonamides is 1. The van der Waals surface area contributed by atoms with Crippen molar-refractivity contribution in [1.82, 2.24) is 24.4 Å². The third-order valence-corrected chi connectivity index (χ3v) is 6.62. The average Bonchev–Trinajstić information content (AvgIpc) is 3.05. The van der Waals surface area contributed by atoms with Crippen molar-refractivity contribution in [2.75, 3.05) is 37.7 Å². The first-order valence-electron chi connectivity index (χ1n) is 7.71. The molecule has 1 amide bonds. The summed E-state index contributed by atoms with van der Waals surface area (Å²) in [7, 11) is -3.92. The maximum atomic E-state index is 13.8. The minimum absolute atomic E-state index is 0.112. The van der Waals surface area contributed by atoms with Crippen molar-refractivity contribution in [2.24, 2.45) is 0 Å². The molecule has 1 aromatic heterocycles. The van der Waals surface area contributed by atoms with Crippen LogP contribution < -0.4 is 5.73 Å². The van der Waals surface area contributed by atoms with E-state index in [-0.39, 0.29) is 48.7 Å². The van der Waals surface area contributed by atoms with Gasteiger partial charge in [-0.1, -0.05) is 23.9 Å². The van der Waals surface area contributed by atoms with Gasteiger partial charge in [0.05, 0.1) is 5.75 Å². The molecular weight excluding hydrogens is 383 g/mol. The number of nitrogens with zero attached hydrogens (tertiary/aromatic N) is 4. The highest BCUT2D eigenvalue weighted by molar-refractivity contribution is 7.99. The van der Waals surface area contributed by atoms with Crippen molar-refractivity contribution < 1.29 is 17.6 Å². The molecule has 0 atom stereocenters. The number of anilines is 1. The molecule has 0 saturated carbocycles. The van der Waals surface area contributed by atoms with Gasteiger partial charge in [-0.15, -0.1) is 5.10 Å². The maximum Gasteiger partial charge on any atom is 0.246 e. The molecule has 0 radical (unpaired) electrons. The molecule has 140 valence electrons. The summed E-state index contributed by atoms with van der Waals surface area (Å²) in [5.41, 5.74) is 5.42. The number of piperazine rings is 1. The fourth-order valence-corrected chi connectivity index (χ4v) is 4.71. The van der Waals surface area contributed by atoms with Gasteiger partial charge in [0.15, 0.2) is 0 Å². The molecule has 2 aromatic rings. The molecule has 9 nitrogen and oxygen atoms in total. The largest absolute Gasteiger partial charge is 0.368 e. The summed E-state index contributed by atoms with van der Waals surface area (Å²) in [6.07, 6.45) is 0. The molecule has 12 heteroatoms. The average molecular weight is 400 g/mol. The van der Waals surface area contributed by atoms with E-state index in [1.807, 2.05) is 0 Å². The molecule has 1 aliphatic heterocycles. The number of nitrogens with two attached hydrogens (primary N) is 1. The van der Waals surface area contributed by atoms with Gasteiger partial charge in [0.1, 0.15) is 10.7 Å². The van der Waals surface area contributed by atoms with Crippen LogP contribution in [0.1, 0.15) is 0 Å². The summed E-state index contributed by atoms with van der Waals surface area (Å²) in [6.45, 7) is 0.702. The molecule has 1 aliphatic rings. The molecule has 1 aromatic carbocycles. The number of nitrogen functional groups attached to an aromatic ring is 1. The number of benzene rings is 1. The highest BCUT2D eigenvalue weighted by Gasteiger charge is 2.31. The Bertz CT molecular complexity index is 896.